The number of para-hydroxylation sites is 1. The quantitative estimate of drug-likeness (QED) is 0.721. The van der Waals surface area contributed by atoms with E-state index in [0.717, 1.165) is 19.5 Å². The molecule has 1 heterocycles. The van der Waals surface area contributed by atoms with Gasteiger partial charge in [-0.15, -0.1) is 11.3 Å². The van der Waals surface area contributed by atoms with E-state index in [1.807, 2.05) is 24.3 Å². The first-order valence-electron chi connectivity index (χ1n) is 5.80. The number of nitrogen functional groups attached to an aromatic ring is 1. The minimum atomic E-state index is -1.02. The summed E-state index contributed by atoms with van der Waals surface area (Å²) in [6.07, 6.45) is 0. The number of carboxylic acids is 1. The zero-order valence-corrected chi connectivity index (χ0v) is 11.9. The van der Waals surface area contributed by atoms with Crippen LogP contribution >= 0.6 is 23.1 Å². The Hall–Kier alpha value is -2.05. The minimum Gasteiger partial charge on any atom is -0.478 e. The van der Waals surface area contributed by atoms with Crippen molar-refractivity contribution in [1.29, 1.82) is 0 Å². The van der Waals surface area contributed by atoms with E-state index in [1.165, 1.54) is 11.8 Å². The molecule has 2 aromatic carbocycles. The lowest BCUT2D eigenvalue weighted by molar-refractivity contribution is 0.0698. The monoisotopic (exact) mass is 302 g/mol. The standard InChI is InChI=1S/C14H10N2O2S2/c15-10-6-5-8(7-9(10)13(17)18)19-14-16-11-3-1-2-4-12(11)20-14/h1-7H,15H2,(H,17,18). The summed E-state index contributed by atoms with van der Waals surface area (Å²) in [6.45, 7) is 0. The number of rotatable bonds is 3. The lowest BCUT2D eigenvalue weighted by atomic mass is 10.2. The number of hydrogen-bond acceptors (Lipinski definition) is 5. The Balaban J connectivity index is 1.94. The van der Waals surface area contributed by atoms with Gasteiger partial charge in [-0.2, -0.15) is 0 Å². The number of carboxylic acid groups (broad SMARTS) is 1. The Labute approximate surface area is 123 Å². The van der Waals surface area contributed by atoms with Gasteiger partial charge in [-0.25, -0.2) is 9.78 Å². The van der Waals surface area contributed by atoms with Crippen LogP contribution in [0, 0.1) is 0 Å². The van der Waals surface area contributed by atoms with E-state index in [9.17, 15) is 4.79 Å². The average Bonchev–Trinajstić information content (AvgIpc) is 2.82. The molecule has 3 rings (SSSR count). The van der Waals surface area contributed by atoms with Crippen molar-refractivity contribution in [2.24, 2.45) is 0 Å². The summed E-state index contributed by atoms with van der Waals surface area (Å²) in [7, 11) is 0. The summed E-state index contributed by atoms with van der Waals surface area (Å²) >= 11 is 3.03. The molecule has 0 radical (unpaired) electrons. The second-order valence-corrected chi connectivity index (χ2v) is 6.46. The zero-order valence-electron chi connectivity index (χ0n) is 10.2. The Morgan fingerprint density at radius 1 is 1.25 bits per heavy atom. The molecule has 0 saturated carbocycles. The zero-order chi connectivity index (χ0) is 14.1. The van der Waals surface area contributed by atoms with Crippen molar-refractivity contribution in [3.63, 3.8) is 0 Å². The van der Waals surface area contributed by atoms with Crippen molar-refractivity contribution in [2.45, 2.75) is 9.24 Å². The van der Waals surface area contributed by atoms with E-state index in [-0.39, 0.29) is 11.3 Å². The van der Waals surface area contributed by atoms with Gasteiger partial charge in [0.05, 0.1) is 15.8 Å². The van der Waals surface area contributed by atoms with Crippen LogP contribution in [0.25, 0.3) is 10.2 Å². The summed E-state index contributed by atoms with van der Waals surface area (Å²) in [5, 5.41) is 9.07. The predicted octanol–water partition coefficient (Wildman–Crippen LogP) is 3.73. The first-order chi connectivity index (χ1) is 9.63. The van der Waals surface area contributed by atoms with Gasteiger partial charge in [0.25, 0.3) is 0 Å². The van der Waals surface area contributed by atoms with Crippen LogP contribution in [0.3, 0.4) is 0 Å². The van der Waals surface area contributed by atoms with Crippen LogP contribution in [-0.2, 0) is 0 Å². The van der Waals surface area contributed by atoms with E-state index in [0.29, 0.717) is 0 Å². The third kappa shape index (κ3) is 2.48. The van der Waals surface area contributed by atoms with E-state index < -0.39 is 5.97 Å². The summed E-state index contributed by atoms with van der Waals surface area (Å²) in [4.78, 5) is 16.4. The second-order valence-electron chi connectivity index (χ2n) is 4.10. The number of nitrogens with two attached hydrogens (primary N) is 1. The van der Waals surface area contributed by atoms with Crippen LogP contribution in [0.1, 0.15) is 10.4 Å². The molecular formula is C14H10N2O2S2. The molecular weight excluding hydrogens is 292 g/mol. The SMILES string of the molecule is Nc1ccc(Sc2nc3ccccc3s2)cc1C(=O)O. The number of nitrogens with zero attached hydrogens (tertiary/aromatic N) is 1. The van der Waals surface area contributed by atoms with Gasteiger partial charge < -0.3 is 10.8 Å². The van der Waals surface area contributed by atoms with Crippen LogP contribution in [0.15, 0.2) is 51.7 Å². The number of benzene rings is 2. The van der Waals surface area contributed by atoms with Gasteiger partial charge in [0.1, 0.15) is 0 Å². The second kappa shape index (κ2) is 5.15. The Kier molecular flexibility index (Phi) is 3.33. The van der Waals surface area contributed by atoms with Gasteiger partial charge in [-0.1, -0.05) is 23.9 Å². The largest absolute Gasteiger partial charge is 0.478 e. The maximum absolute atomic E-state index is 11.1. The van der Waals surface area contributed by atoms with Crippen LogP contribution in [0.2, 0.25) is 0 Å². The van der Waals surface area contributed by atoms with Gasteiger partial charge in [-0.05, 0) is 30.3 Å². The first-order valence-corrected chi connectivity index (χ1v) is 7.43. The van der Waals surface area contributed by atoms with Crippen molar-refractivity contribution >= 4 is 45.0 Å². The lowest BCUT2D eigenvalue weighted by Crippen LogP contribution is -2.01. The topological polar surface area (TPSA) is 76.2 Å². The van der Waals surface area contributed by atoms with Crippen LogP contribution in [-0.4, -0.2) is 16.1 Å². The Bertz CT molecular complexity index is 766. The highest BCUT2D eigenvalue weighted by atomic mass is 32.2. The molecule has 0 atom stereocenters. The van der Waals surface area contributed by atoms with Crippen molar-refractivity contribution in [1.82, 2.24) is 4.98 Å². The smallest absolute Gasteiger partial charge is 0.337 e. The third-order valence-electron chi connectivity index (χ3n) is 2.73. The molecule has 0 aliphatic heterocycles. The minimum absolute atomic E-state index is 0.121. The number of thiazole rings is 1. The Morgan fingerprint density at radius 2 is 2.05 bits per heavy atom. The molecule has 4 nitrogen and oxygen atoms in total. The first kappa shape index (κ1) is 13.0. The van der Waals surface area contributed by atoms with E-state index in [4.69, 9.17) is 10.8 Å². The molecule has 0 bridgehead atoms. The van der Waals surface area contributed by atoms with Gasteiger partial charge in [0.2, 0.25) is 0 Å². The number of aromatic carboxylic acids is 1. The van der Waals surface area contributed by atoms with E-state index >= 15 is 0 Å². The fourth-order valence-corrected chi connectivity index (χ4v) is 3.86. The molecule has 0 spiro atoms. The molecule has 1 aromatic heterocycles. The van der Waals surface area contributed by atoms with Crippen molar-refractivity contribution in [2.75, 3.05) is 5.73 Å². The molecule has 100 valence electrons. The molecule has 0 unspecified atom stereocenters. The maximum Gasteiger partial charge on any atom is 0.337 e. The molecule has 0 amide bonds. The molecule has 6 heteroatoms. The number of hydrogen-bond donors (Lipinski definition) is 2. The average molecular weight is 302 g/mol. The van der Waals surface area contributed by atoms with Gasteiger partial charge in [0, 0.05) is 10.6 Å². The number of aromatic nitrogens is 1. The molecule has 0 fully saturated rings. The Morgan fingerprint density at radius 3 is 2.80 bits per heavy atom. The fourth-order valence-electron chi connectivity index (χ4n) is 1.78. The molecule has 0 saturated heterocycles. The molecule has 3 aromatic rings. The van der Waals surface area contributed by atoms with Gasteiger partial charge in [0.15, 0.2) is 4.34 Å². The number of fused-ring (bicyclic) bond motifs is 1. The predicted molar refractivity (Wildman–Crippen MR) is 81.6 cm³/mol. The lowest BCUT2D eigenvalue weighted by Gasteiger charge is -2.03. The van der Waals surface area contributed by atoms with E-state index in [1.54, 1.807) is 29.5 Å². The van der Waals surface area contributed by atoms with Crippen molar-refractivity contribution in [3.8, 4) is 0 Å². The molecule has 0 aliphatic rings. The van der Waals surface area contributed by atoms with Crippen LogP contribution in [0.4, 0.5) is 5.69 Å². The van der Waals surface area contributed by atoms with Crippen LogP contribution in [0.5, 0.6) is 0 Å². The highest BCUT2D eigenvalue weighted by Crippen LogP contribution is 2.35. The summed E-state index contributed by atoms with van der Waals surface area (Å²) in [6, 6.07) is 12.9. The van der Waals surface area contributed by atoms with Crippen molar-refractivity contribution in [3.05, 3.63) is 48.0 Å². The van der Waals surface area contributed by atoms with Gasteiger partial charge >= 0.3 is 5.97 Å². The number of carbonyl (C=O) groups is 1. The summed E-state index contributed by atoms with van der Waals surface area (Å²) < 4.78 is 2.00. The maximum atomic E-state index is 11.1. The summed E-state index contributed by atoms with van der Waals surface area (Å²) in [5.74, 6) is -1.02. The fraction of sp³-hybridized carbons (Fsp3) is 0. The molecule has 20 heavy (non-hydrogen) atoms. The van der Waals surface area contributed by atoms with Crippen molar-refractivity contribution < 1.29 is 9.90 Å². The summed E-state index contributed by atoms with van der Waals surface area (Å²) in [5.41, 5.74) is 6.99. The van der Waals surface area contributed by atoms with E-state index in [2.05, 4.69) is 4.98 Å². The molecule has 0 aliphatic carbocycles. The molecule has 3 N–H and O–H groups in total. The third-order valence-corrected chi connectivity index (χ3v) is 4.82. The highest BCUT2D eigenvalue weighted by molar-refractivity contribution is 8.01. The van der Waals surface area contributed by atoms with Gasteiger partial charge in [-0.3, -0.25) is 0 Å². The normalized spacial score (nSPS) is 10.8. The number of anilines is 1. The van der Waals surface area contributed by atoms with Crippen LogP contribution < -0.4 is 5.73 Å². The highest BCUT2D eigenvalue weighted by Gasteiger charge is 2.11.